The topological polar surface area (TPSA) is 78.5 Å². The molecule has 0 aromatic heterocycles. The van der Waals surface area contributed by atoms with E-state index in [0.29, 0.717) is 17.5 Å². The Hall–Kier alpha value is -3.21. The quantitative estimate of drug-likeness (QED) is 0.273. The second-order valence-electron chi connectivity index (χ2n) is 11.7. The third-order valence-electron chi connectivity index (χ3n) is 8.48. The molecular weight excluding hydrogens is 575 g/mol. The molecule has 1 aliphatic heterocycles. The zero-order valence-corrected chi connectivity index (χ0v) is 25.1. The van der Waals surface area contributed by atoms with Gasteiger partial charge in [0.2, 0.25) is 15.9 Å². The van der Waals surface area contributed by atoms with Crippen LogP contribution >= 0.6 is 0 Å². The largest absolute Gasteiger partial charge is 0.416 e. The van der Waals surface area contributed by atoms with Crippen molar-refractivity contribution in [3.8, 4) is 0 Å². The summed E-state index contributed by atoms with van der Waals surface area (Å²) in [6.45, 7) is 5.61. The molecule has 1 fully saturated rings. The number of amides is 1. The number of carbonyl (C=O) groups is 1. The number of aryl methyl sites for hydroxylation is 1. The van der Waals surface area contributed by atoms with Crippen molar-refractivity contribution in [2.75, 3.05) is 19.6 Å². The Balaban J connectivity index is 1.30. The van der Waals surface area contributed by atoms with E-state index in [2.05, 4.69) is 40.1 Å². The zero-order valence-electron chi connectivity index (χ0n) is 24.2. The van der Waals surface area contributed by atoms with E-state index in [0.717, 1.165) is 62.7 Å². The lowest BCUT2D eigenvalue weighted by Gasteiger charge is -2.29. The molecule has 1 heterocycles. The number of hydrogen-bond acceptors (Lipinski definition) is 4. The Kier molecular flexibility index (Phi) is 9.58. The molecule has 3 aromatic rings. The van der Waals surface area contributed by atoms with Gasteiger partial charge in [-0.25, -0.2) is 13.1 Å². The van der Waals surface area contributed by atoms with Gasteiger partial charge in [0, 0.05) is 13.0 Å². The van der Waals surface area contributed by atoms with E-state index in [1.807, 2.05) is 0 Å². The third-order valence-corrected chi connectivity index (χ3v) is 9.95. The van der Waals surface area contributed by atoms with E-state index in [-0.39, 0.29) is 18.4 Å². The smallest absolute Gasteiger partial charge is 0.349 e. The number of hydrogen-bond donors (Lipinski definition) is 2. The maximum absolute atomic E-state index is 13.4. The molecule has 3 aromatic carbocycles. The second-order valence-corrected chi connectivity index (χ2v) is 13.4. The first-order valence-corrected chi connectivity index (χ1v) is 16.4. The van der Waals surface area contributed by atoms with Gasteiger partial charge >= 0.3 is 6.18 Å². The minimum Gasteiger partial charge on any atom is -0.349 e. The molecule has 0 radical (unpaired) electrons. The van der Waals surface area contributed by atoms with E-state index < -0.39 is 32.7 Å². The molecule has 230 valence electrons. The predicted octanol–water partition coefficient (Wildman–Crippen LogP) is 6.51. The Morgan fingerprint density at radius 1 is 0.953 bits per heavy atom. The third kappa shape index (κ3) is 7.85. The summed E-state index contributed by atoms with van der Waals surface area (Å²) < 4.78 is 68.7. The van der Waals surface area contributed by atoms with Crippen molar-refractivity contribution >= 4 is 15.9 Å². The molecule has 0 spiro atoms. The lowest BCUT2D eigenvalue weighted by atomic mass is 9.84. The van der Waals surface area contributed by atoms with Gasteiger partial charge in [0.15, 0.2) is 0 Å². The molecule has 43 heavy (non-hydrogen) atoms. The van der Waals surface area contributed by atoms with E-state index in [1.54, 1.807) is 30.3 Å². The van der Waals surface area contributed by atoms with Crippen molar-refractivity contribution in [2.45, 2.75) is 74.5 Å². The van der Waals surface area contributed by atoms with Gasteiger partial charge in [-0.05, 0) is 91.6 Å². The van der Waals surface area contributed by atoms with Gasteiger partial charge < -0.3 is 10.2 Å². The molecule has 1 saturated heterocycles. The first-order valence-electron chi connectivity index (χ1n) is 14.9. The van der Waals surface area contributed by atoms with E-state index in [1.165, 1.54) is 24.0 Å². The second kappa shape index (κ2) is 13.2. The van der Waals surface area contributed by atoms with Gasteiger partial charge in [-0.1, -0.05) is 61.5 Å². The van der Waals surface area contributed by atoms with E-state index >= 15 is 0 Å². The lowest BCUT2D eigenvalue weighted by molar-refractivity contribution is -0.137. The van der Waals surface area contributed by atoms with Gasteiger partial charge in [-0.3, -0.25) is 4.79 Å². The van der Waals surface area contributed by atoms with Gasteiger partial charge in [0.05, 0.1) is 22.5 Å². The number of nitrogens with zero attached hydrogens (tertiary/aromatic N) is 1. The molecule has 2 aliphatic rings. The molecule has 2 N–H and O–H groups in total. The number of carbonyl (C=O) groups excluding carboxylic acids is 1. The maximum Gasteiger partial charge on any atom is 0.416 e. The summed E-state index contributed by atoms with van der Waals surface area (Å²) in [5, 5.41) is 3.11. The number of halogens is 3. The average molecular weight is 614 g/mol. The summed E-state index contributed by atoms with van der Waals surface area (Å²) in [6, 6.07) is 17.5. The van der Waals surface area contributed by atoms with Crippen molar-refractivity contribution in [2.24, 2.45) is 0 Å². The fraction of sp³-hybridized carbons (Fsp3) is 0.424. The Morgan fingerprint density at radius 2 is 1.70 bits per heavy atom. The molecular formula is C33H38F3N3O3S. The number of rotatable bonds is 10. The molecule has 10 heteroatoms. The van der Waals surface area contributed by atoms with Crippen molar-refractivity contribution in [3.05, 3.63) is 101 Å². The molecule has 3 atom stereocenters. The SMILES string of the molecule is C[C@H](CN1CCCC1)c1ccc2c(c1)CCC[C@H]2NC(=O)CC(NS(=O)(=O)c1cccc(C(F)(F)F)c1)c1ccccc1. The maximum atomic E-state index is 13.4. The van der Waals surface area contributed by atoms with Crippen LogP contribution < -0.4 is 10.0 Å². The standard InChI is InChI=1S/C33H38F3N3O3S/c1-23(22-39-17-5-6-18-39)25-15-16-29-26(19-25)11-7-14-30(29)37-32(40)21-31(24-9-3-2-4-10-24)38-43(41,42)28-13-8-12-27(20-28)33(34,35)36/h2-4,8-10,12-13,15-16,19-20,23,30-31,38H,5-7,11,14,17-18,21-22H2,1H3,(H,37,40)/t23-,30-,31?/m1/s1. The van der Waals surface area contributed by atoms with Gasteiger partial charge in [0.25, 0.3) is 0 Å². The van der Waals surface area contributed by atoms with Gasteiger partial charge in [0.1, 0.15) is 0 Å². The number of sulfonamides is 1. The highest BCUT2D eigenvalue weighted by Crippen LogP contribution is 2.34. The fourth-order valence-electron chi connectivity index (χ4n) is 6.20. The van der Waals surface area contributed by atoms with Crippen molar-refractivity contribution in [1.82, 2.24) is 14.9 Å². The molecule has 0 bridgehead atoms. The van der Waals surface area contributed by atoms with Crippen LogP contribution in [0.15, 0.2) is 77.7 Å². The molecule has 6 nitrogen and oxygen atoms in total. The predicted molar refractivity (Wildman–Crippen MR) is 160 cm³/mol. The molecule has 0 saturated carbocycles. The average Bonchev–Trinajstić information content (AvgIpc) is 3.50. The Bertz CT molecular complexity index is 1520. The number of fused-ring (bicyclic) bond motifs is 1. The van der Waals surface area contributed by atoms with E-state index in [9.17, 15) is 26.4 Å². The van der Waals surface area contributed by atoms with Crippen LogP contribution in [0.4, 0.5) is 13.2 Å². The molecule has 1 unspecified atom stereocenters. The van der Waals surface area contributed by atoms with E-state index in [4.69, 9.17) is 0 Å². The highest BCUT2D eigenvalue weighted by atomic mass is 32.2. The monoisotopic (exact) mass is 613 g/mol. The highest BCUT2D eigenvalue weighted by molar-refractivity contribution is 7.89. The molecule has 5 rings (SSSR count). The molecule has 1 aliphatic carbocycles. The Morgan fingerprint density at radius 3 is 2.42 bits per heavy atom. The molecule has 1 amide bonds. The van der Waals surface area contributed by atoms with Crippen molar-refractivity contribution in [3.63, 3.8) is 0 Å². The summed E-state index contributed by atoms with van der Waals surface area (Å²) >= 11 is 0. The van der Waals surface area contributed by atoms with Crippen LogP contribution in [0.2, 0.25) is 0 Å². The van der Waals surface area contributed by atoms with Crippen LogP contribution in [0.3, 0.4) is 0 Å². The Labute approximate surface area is 251 Å². The normalized spacial score (nSPS) is 19.0. The van der Waals surface area contributed by atoms with Crippen LogP contribution in [0.1, 0.15) is 84.8 Å². The number of alkyl halides is 3. The van der Waals surface area contributed by atoms with Crippen LogP contribution in [0.25, 0.3) is 0 Å². The summed E-state index contributed by atoms with van der Waals surface area (Å²) in [5.41, 5.74) is 3.08. The highest BCUT2D eigenvalue weighted by Gasteiger charge is 2.33. The van der Waals surface area contributed by atoms with Crippen LogP contribution in [0, 0.1) is 0 Å². The van der Waals surface area contributed by atoms with Crippen LogP contribution in [-0.4, -0.2) is 38.9 Å². The number of benzene rings is 3. The fourth-order valence-corrected chi connectivity index (χ4v) is 7.46. The minimum absolute atomic E-state index is 0.198. The summed E-state index contributed by atoms with van der Waals surface area (Å²) in [6.07, 6.45) is 0.257. The summed E-state index contributed by atoms with van der Waals surface area (Å²) in [4.78, 5) is 15.4. The first kappa shape index (κ1) is 31.2. The minimum atomic E-state index is -4.69. The van der Waals surface area contributed by atoms with Gasteiger partial charge in [-0.2, -0.15) is 13.2 Å². The van der Waals surface area contributed by atoms with Gasteiger partial charge in [-0.15, -0.1) is 0 Å². The summed E-state index contributed by atoms with van der Waals surface area (Å²) in [7, 11) is -4.37. The summed E-state index contributed by atoms with van der Waals surface area (Å²) in [5.74, 6) is 0.0692. The lowest BCUT2D eigenvalue weighted by Crippen LogP contribution is -2.36. The van der Waals surface area contributed by atoms with Crippen molar-refractivity contribution in [1.29, 1.82) is 0 Å². The van der Waals surface area contributed by atoms with Crippen molar-refractivity contribution < 1.29 is 26.4 Å². The van der Waals surface area contributed by atoms with Crippen LogP contribution in [0.5, 0.6) is 0 Å². The van der Waals surface area contributed by atoms with Crippen LogP contribution in [-0.2, 0) is 27.4 Å². The first-order chi connectivity index (χ1) is 20.5. The zero-order chi connectivity index (χ0) is 30.6. The number of nitrogens with one attached hydrogen (secondary N) is 2. The number of likely N-dealkylation sites (tertiary alicyclic amines) is 1.